The predicted molar refractivity (Wildman–Crippen MR) is 93.5 cm³/mol. The third-order valence-corrected chi connectivity index (χ3v) is 5.23. The lowest BCUT2D eigenvalue weighted by molar-refractivity contribution is 0.366. The lowest BCUT2D eigenvalue weighted by atomic mass is 9.82. The van der Waals surface area contributed by atoms with Crippen LogP contribution in [-0.4, -0.2) is 13.1 Å². The molecule has 2 atom stereocenters. The maximum absolute atomic E-state index is 6.22. The highest BCUT2D eigenvalue weighted by atomic mass is 35.5. The van der Waals surface area contributed by atoms with Gasteiger partial charge in [-0.1, -0.05) is 62.4 Å². The molecule has 1 aliphatic carbocycles. The van der Waals surface area contributed by atoms with E-state index in [4.69, 9.17) is 23.2 Å². The summed E-state index contributed by atoms with van der Waals surface area (Å²) in [6, 6.07) is 6.19. The fourth-order valence-electron chi connectivity index (χ4n) is 3.37. The van der Waals surface area contributed by atoms with E-state index in [0.717, 1.165) is 13.1 Å². The topological polar surface area (TPSA) is 12.0 Å². The van der Waals surface area contributed by atoms with Crippen molar-refractivity contribution in [2.75, 3.05) is 13.1 Å². The fourth-order valence-corrected chi connectivity index (χ4v) is 3.67. The Labute approximate surface area is 139 Å². The lowest BCUT2D eigenvalue weighted by Crippen LogP contribution is -2.29. The minimum absolute atomic E-state index is 0.613. The number of hydrogen-bond acceptors (Lipinski definition) is 1. The number of halogens is 2. The van der Waals surface area contributed by atoms with Crippen molar-refractivity contribution in [3.63, 3.8) is 0 Å². The van der Waals surface area contributed by atoms with Gasteiger partial charge in [-0.2, -0.15) is 0 Å². The molecule has 0 spiro atoms. The first-order valence-corrected chi connectivity index (χ1v) is 8.99. The number of benzene rings is 1. The molecule has 0 saturated heterocycles. The van der Waals surface area contributed by atoms with Crippen LogP contribution in [0.4, 0.5) is 0 Å². The molecule has 3 heteroatoms. The standard InChI is InChI=1S/C18H27Cl2N/c1-13(2)11-21-12-15-6-4-3-5-7-16(15)14-8-9-17(19)18(20)10-14/h8-10,13,15-16,21H,3-7,11-12H2,1-2H3. The van der Waals surface area contributed by atoms with Crippen molar-refractivity contribution in [1.29, 1.82) is 0 Å². The summed E-state index contributed by atoms with van der Waals surface area (Å²) in [6.07, 6.45) is 6.62. The summed E-state index contributed by atoms with van der Waals surface area (Å²) in [5.74, 6) is 2.03. The third-order valence-electron chi connectivity index (χ3n) is 4.49. The molecule has 1 N–H and O–H groups in total. The summed E-state index contributed by atoms with van der Waals surface area (Å²) in [7, 11) is 0. The smallest absolute Gasteiger partial charge is 0.0595 e. The molecule has 1 aromatic carbocycles. The van der Waals surface area contributed by atoms with Crippen molar-refractivity contribution >= 4 is 23.2 Å². The van der Waals surface area contributed by atoms with Crippen molar-refractivity contribution in [1.82, 2.24) is 5.32 Å². The Kier molecular flexibility index (Phi) is 6.85. The van der Waals surface area contributed by atoms with Crippen LogP contribution in [0.3, 0.4) is 0 Å². The van der Waals surface area contributed by atoms with E-state index >= 15 is 0 Å². The molecular formula is C18H27Cl2N. The summed E-state index contributed by atoms with van der Waals surface area (Å²) in [5, 5.41) is 4.99. The van der Waals surface area contributed by atoms with E-state index in [-0.39, 0.29) is 0 Å². The highest BCUT2D eigenvalue weighted by Crippen LogP contribution is 2.38. The van der Waals surface area contributed by atoms with E-state index < -0.39 is 0 Å². The van der Waals surface area contributed by atoms with Crippen LogP contribution in [0.1, 0.15) is 57.4 Å². The molecule has 2 unspecified atom stereocenters. The normalized spacial score (nSPS) is 23.3. The fraction of sp³-hybridized carbons (Fsp3) is 0.667. The molecule has 2 rings (SSSR count). The van der Waals surface area contributed by atoms with Crippen LogP contribution >= 0.6 is 23.2 Å². The number of rotatable bonds is 5. The van der Waals surface area contributed by atoms with E-state index in [1.807, 2.05) is 6.07 Å². The molecule has 0 amide bonds. The van der Waals surface area contributed by atoms with Gasteiger partial charge in [0.05, 0.1) is 10.0 Å². The SMILES string of the molecule is CC(C)CNCC1CCCCCC1c1ccc(Cl)c(Cl)c1. The van der Waals surface area contributed by atoms with Gasteiger partial charge in [0.15, 0.2) is 0 Å². The molecule has 0 heterocycles. The zero-order valence-corrected chi connectivity index (χ0v) is 14.7. The molecule has 1 aliphatic rings. The molecule has 1 saturated carbocycles. The molecule has 1 nitrogen and oxygen atoms in total. The highest BCUT2D eigenvalue weighted by Gasteiger charge is 2.25. The van der Waals surface area contributed by atoms with E-state index in [0.29, 0.717) is 27.8 Å². The average molecular weight is 328 g/mol. The Morgan fingerprint density at radius 2 is 1.86 bits per heavy atom. The van der Waals surface area contributed by atoms with Gasteiger partial charge in [-0.25, -0.2) is 0 Å². The maximum atomic E-state index is 6.22. The van der Waals surface area contributed by atoms with Crippen molar-refractivity contribution in [2.24, 2.45) is 11.8 Å². The quantitative estimate of drug-likeness (QED) is 0.663. The van der Waals surface area contributed by atoms with Gasteiger partial charge in [-0.3, -0.25) is 0 Å². The van der Waals surface area contributed by atoms with Gasteiger partial charge < -0.3 is 5.32 Å². The maximum Gasteiger partial charge on any atom is 0.0595 e. The van der Waals surface area contributed by atoms with Crippen molar-refractivity contribution in [2.45, 2.75) is 51.9 Å². The predicted octanol–water partition coefficient (Wildman–Crippen LogP) is 5.90. The minimum atomic E-state index is 0.613. The Morgan fingerprint density at radius 1 is 1.10 bits per heavy atom. The van der Waals surface area contributed by atoms with E-state index in [2.05, 4.69) is 31.3 Å². The average Bonchev–Trinajstić information content (AvgIpc) is 2.67. The second-order valence-corrected chi connectivity index (χ2v) is 7.54. The van der Waals surface area contributed by atoms with Crippen LogP contribution in [0.15, 0.2) is 18.2 Å². The first-order valence-electron chi connectivity index (χ1n) is 8.23. The van der Waals surface area contributed by atoms with Crippen LogP contribution < -0.4 is 5.32 Å². The monoisotopic (exact) mass is 327 g/mol. The van der Waals surface area contributed by atoms with E-state index in [1.54, 1.807) is 0 Å². The largest absolute Gasteiger partial charge is 0.316 e. The Balaban J connectivity index is 2.09. The first-order chi connectivity index (χ1) is 10.1. The van der Waals surface area contributed by atoms with Crippen LogP contribution in [0.2, 0.25) is 10.0 Å². The van der Waals surface area contributed by atoms with Crippen molar-refractivity contribution in [3.05, 3.63) is 33.8 Å². The summed E-state index contributed by atoms with van der Waals surface area (Å²) in [5.41, 5.74) is 1.36. The zero-order chi connectivity index (χ0) is 15.2. The molecule has 0 radical (unpaired) electrons. The van der Waals surface area contributed by atoms with Crippen LogP contribution in [0.5, 0.6) is 0 Å². The molecule has 21 heavy (non-hydrogen) atoms. The summed E-state index contributed by atoms with van der Waals surface area (Å²) >= 11 is 12.3. The molecule has 0 aliphatic heterocycles. The number of nitrogens with one attached hydrogen (secondary N) is 1. The highest BCUT2D eigenvalue weighted by molar-refractivity contribution is 6.42. The molecular weight excluding hydrogens is 301 g/mol. The van der Waals surface area contributed by atoms with Crippen LogP contribution in [0, 0.1) is 11.8 Å². The van der Waals surface area contributed by atoms with Crippen molar-refractivity contribution in [3.8, 4) is 0 Å². The van der Waals surface area contributed by atoms with Crippen LogP contribution in [0.25, 0.3) is 0 Å². The minimum Gasteiger partial charge on any atom is -0.316 e. The zero-order valence-electron chi connectivity index (χ0n) is 13.2. The Hall–Kier alpha value is -0.240. The van der Waals surface area contributed by atoms with Gasteiger partial charge >= 0.3 is 0 Å². The summed E-state index contributed by atoms with van der Waals surface area (Å²) in [4.78, 5) is 0. The Morgan fingerprint density at radius 3 is 2.57 bits per heavy atom. The third kappa shape index (κ3) is 5.16. The van der Waals surface area contributed by atoms with Gasteiger partial charge in [0.25, 0.3) is 0 Å². The molecule has 1 fully saturated rings. The van der Waals surface area contributed by atoms with Crippen LogP contribution in [-0.2, 0) is 0 Å². The van der Waals surface area contributed by atoms with Gasteiger partial charge in [0, 0.05) is 0 Å². The van der Waals surface area contributed by atoms with Gasteiger partial charge in [-0.05, 0) is 61.4 Å². The first kappa shape index (κ1) is 17.1. The molecule has 1 aromatic rings. The van der Waals surface area contributed by atoms with E-state index in [9.17, 15) is 0 Å². The van der Waals surface area contributed by atoms with Gasteiger partial charge in [0.2, 0.25) is 0 Å². The van der Waals surface area contributed by atoms with Crippen molar-refractivity contribution < 1.29 is 0 Å². The van der Waals surface area contributed by atoms with Gasteiger partial charge in [0.1, 0.15) is 0 Å². The summed E-state index contributed by atoms with van der Waals surface area (Å²) < 4.78 is 0. The summed E-state index contributed by atoms with van der Waals surface area (Å²) in [6.45, 7) is 6.74. The lowest BCUT2D eigenvalue weighted by Gasteiger charge is -2.26. The second-order valence-electron chi connectivity index (χ2n) is 6.73. The molecule has 118 valence electrons. The van der Waals surface area contributed by atoms with Gasteiger partial charge in [-0.15, -0.1) is 0 Å². The second kappa shape index (κ2) is 8.41. The Bertz CT molecular complexity index is 445. The molecule has 0 bridgehead atoms. The number of hydrogen-bond donors (Lipinski definition) is 1. The molecule has 0 aromatic heterocycles. The van der Waals surface area contributed by atoms with E-state index in [1.165, 1.54) is 37.7 Å².